The summed E-state index contributed by atoms with van der Waals surface area (Å²) in [6.07, 6.45) is 0.920. The van der Waals surface area contributed by atoms with Crippen molar-refractivity contribution in [3.63, 3.8) is 0 Å². The molecular weight excluding hydrogens is 502 g/mol. The summed E-state index contributed by atoms with van der Waals surface area (Å²) in [7, 11) is 1.57. The molecule has 0 saturated carbocycles. The van der Waals surface area contributed by atoms with Gasteiger partial charge >= 0.3 is 0 Å². The average Bonchev–Trinajstić information content (AvgIpc) is 2.91. The van der Waals surface area contributed by atoms with Crippen molar-refractivity contribution in [1.29, 1.82) is 0 Å². The van der Waals surface area contributed by atoms with Crippen LogP contribution >= 0.6 is 11.8 Å². The van der Waals surface area contributed by atoms with Gasteiger partial charge in [0, 0.05) is 49.4 Å². The maximum Gasteiger partial charge on any atom is 0.243 e. The van der Waals surface area contributed by atoms with E-state index in [1.54, 1.807) is 25.3 Å². The molecule has 2 aliphatic heterocycles. The summed E-state index contributed by atoms with van der Waals surface area (Å²) >= 11 is 1.42. The third-order valence-electron chi connectivity index (χ3n) is 7.53. The van der Waals surface area contributed by atoms with E-state index in [1.165, 1.54) is 17.3 Å². The van der Waals surface area contributed by atoms with Gasteiger partial charge in [-0.15, -0.1) is 11.8 Å². The zero-order valence-electron chi connectivity index (χ0n) is 22.4. The number of aliphatic hydroxyl groups is 1. The Morgan fingerprint density at radius 2 is 1.71 bits per heavy atom. The molecule has 0 radical (unpaired) electrons. The van der Waals surface area contributed by atoms with Crippen LogP contribution in [0.2, 0.25) is 0 Å². The standard InChI is InChI=1S/C30H35NO6S/c1-29(2,3)19-5-7-21(8-6-19)36-17-20(32)16-31-13-11-30(12-14-31)18-38-28-26(34)25(33)23-10-9-22(35-4)15-24(23)27(28)37-30/h5-10,15,20,32H,11-14,16-18H2,1-4H3/t20-/m0/s1. The van der Waals surface area contributed by atoms with Crippen molar-refractivity contribution in [2.75, 3.05) is 39.1 Å². The molecule has 2 heterocycles. The smallest absolute Gasteiger partial charge is 0.243 e. The van der Waals surface area contributed by atoms with Crippen LogP contribution in [0.1, 0.15) is 55.1 Å². The zero-order valence-corrected chi connectivity index (χ0v) is 23.2. The van der Waals surface area contributed by atoms with Crippen molar-refractivity contribution in [3.8, 4) is 11.5 Å². The molecule has 7 nitrogen and oxygen atoms in total. The number of carbonyl (C=O) groups is 2. The summed E-state index contributed by atoms with van der Waals surface area (Å²) in [6.45, 7) is 8.80. The Kier molecular flexibility index (Phi) is 7.33. The number of thioether (sulfide) groups is 1. The lowest BCUT2D eigenvalue weighted by Gasteiger charge is -2.45. The molecule has 38 heavy (non-hydrogen) atoms. The molecule has 1 spiro atoms. The van der Waals surface area contributed by atoms with Gasteiger partial charge in [-0.1, -0.05) is 32.9 Å². The Bertz CT molecular complexity index is 1250. The van der Waals surface area contributed by atoms with Crippen LogP contribution in [0.5, 0.6) is 11.5 Å². The Morgan fingerprint density at radius 1 is 1.03 bits per heavy atom. The average molecular weight is 538 g/mol. The number of hydrogen-bond donors (Lipinski definition) is 1. The van der Waals surface area contributed by atoms with E-state index in [-0.39, 0.29) is 12.0 Å². The molecule has 2 aromatic rings. The van der Waals surface area contributed by atoms with Crippen molar-refractivity contribution < 1.29 is 28.9 Å². The van der Waals surface area contributed by atoms with Crippen molar-refractivity contribution in [2.45, 2.75) is 50.7 Å². The Morgan fingerprint density at radius 3 is 2.37 bits per heavy atom. The number of likely N-dealkylation sites (tertiary alicyclic amines) is 1. The molecule has 0 amide bonds. The number of ketones is 2. The van der Waals surface area contributed by atoms with Gasteiger partial charge in [-0.05, 0) is 41.3 Å². The van der Waals surface area contributed by atoms with Gasteiger partial charge in [0.05, 0.1) is 7.11 Å². The lowest BCUT2D eigenvalue weighted by Crippen LogP contribution is -2.51. The molecule has 0 aromatic heterocycles. The van der Waals surface area contributed by atoms with E-state index >= 15 is 0 Å². The largest absolute Gasteiger partial charge is 0.497 e. The number of ether oxygens (including phenoxy) is 3. The van der Waals surface area contributed by atoms with Crippen LogP contribution < -0.4 is 9.47 Å². The van der Waals surface area contributed by atoms with Gasteiger partial charge in [-0.2, -0.15) is 0 Å². The predicted octanol–water partition coefficient (Wildman–Crippen LogP) is 4.46. The van der Waals surface area contributed by atoms with Crippen molar-refractivity contribution in [2.24, 2.45) is 0 Å². The summed E-state index contributed by atoms with van der Waals surface area (Å²) < 4.78 is 17.8. The summed E-state index contributed by atoms with van der Waals surface area (Å²) in [5.74, 6) is 1.49. The van der Waals surface area contributed by atoms with Crippen LogP contribution in [-0.2, 0) is 14.9 Å². The first-order chi connectivity index (χ1) is 18.1. The molecular formula is C30H35NO6S. The van der Waals surface area contributed by atoms with E-state index in [0.717, 1.165) is 31.7 Å². The molecule has 202 valence electrons. The number of benzene rings is 2. The quantitative estimate of drug-likeness (QED) is 0.541. The highest BCUT2D eigenvalue weighted by molar-refractivity contribution is 8.04. The van der Waals surface area contributed by atoms with Gasteiger partial charge in [0.2, 0.25) is 11.6 Å². The van der Waals surface area contributed by atoms with Crippen LogP contribution in [0.3, 0.4) is 0 Å². The molecule has 3 aliphatic rings. The van der Waals surface area contributed by atoms with Crippen molar-refractivity contribution in [3.05, 3.63) is 64.1 Å². The minimum absolute atomic E-state index is 0.0858. The molecule has 0 bridgehead atoms. The molecule has 0 unspecified atom stereocenters. The van der Waals surface area contributed by atoms with E-state index in [4.69, 9.17) is 14.2 Å². The lowest BCUT2D eigenvalue weighted by atomic mass is 9.87. The second-order valence-corrected chi connectivity index (χ2v) is 12.3. The second-order valence-electron chi connectivity index (χ2n) is 11.3. The number of hydrogen-bond acceptors (Lipinski definition) is 8. The third kappa shape index (κ3) is 5.35. The van der Waals surface area contributed by atoms with E-state index in [2.05, 4.69) is 37.8 Å². The highest BCUT2D eigenvalue weighted by Gasteiger charge is 2.46. The van der Waals surface area contributed by atoms with Gasteiger partial charge in [0.15, 0.2) is 0 Å². The van der Waals surface area contributed by atoms with Crippen LogP contribution in [0.15, 0.2) is 47.4 Å². The number of rotatable bonds is 6. The van der Waals surface area contributed by atoms with Gasteiger partial charge in [-0.3, -0.25) is 9.59 Å². The van der Waals surface area contributed by atoms with Crippen LogP contribution in [0.25, 0.3) is 5.76 Å². The van der Waals surface area contributed by atoms with E-state index < -0.39 is 23.3 Å². The van der Waals surface area contributed by atoms with E-state index in [9.17, 15) is 14.7 Å². The van der Waals surface area contributed by atoms with E-state index in [1.807, 2.05) is 12.1 Å². The summed E-state index contributed by atoms with van der Waals surface area (Å²) in [5.41, 5.74) is 1.90. The minimum Gasteiger partial charge on any atom is -0.497 e. The first-order valence-corrected chi connectivity index (χ1v) is 14.0. The van der Waals surface area contributed by atoms with Gasteiger partial charge < -0.3 is 24.2 Å². The number of Topliss-reactive ketones (excluding diaryl/α,β-unsaturated/α-hetero) is 2. The number of methoxy groups -OCH3 is 1. The van der Waals surface area contributed by atoms with Crippen LogP contribution in [0, 0.1) is 0 Å². The van der Waals surface area contributed by atoms with Gasteiger partial charge in [0.1, 0.15) is 40.5 Å². The van der Waals surface area contributed by atoms with Crippen LogP contribution in [0.4, 0.5) is 0 Å². The fraction of sp³-hybridized carbons (Fsp3) is 0.467. The van der Waals surface area contributed by atoms with Gasteiger partial charge in [0.25, 0.3) is 0 Å². The molecule has 1 saturated heterocycles. The van der Waals surface area contributed by atoms with E-state index in [0.29, 0.717) is 39.8 Å². The SMILES string of the molecule is COc1ccc2c(c1)C1=C(SCC3(CCN(C[C@H](O)COc4ccc(C(C)(C)C)cc4)CC3)O1)C(=O)C2=O. The molecule has 1 aliphatic carbocycles. The van der Waals surface area contributed by atoms with Crippen molar-refractivity contribution in [1.82, 2.24) is 4.90 Å². The maximum absolute atomic E-state index is 12.8. The third-order valence-corrected chi connectivity index (χ3v) is 8.86. The fourth-order valence-corrected chi connectivity index (χ4v) is 6.41. The molecule has 8 heteroatoms. The predicted molar refractivity (Wildman–Crippen MR) is 148 cm³/mol. The second kappa shape index (κ2) is 10.4. The lowest BCUT2D eigenvalue weighted by molar-refractivity contribution is -0.111. The monoisotopic (exact) mass is 537 g/mol. The topological polar surface area (TPSA) is 85.3 Å². The number of carbonyl (C=O) groups excluding carboxylic acids is 2. The fourth-order valence-electron chi connectivity index (χ4n) is 5.15. The first kappa shape index (κ1) is 26.8. The Hall–Kier alpha value is -2.81. The highest BCUT2D eigenvalue weighted by atomic mass is 32.2. The summed E-state index contributed by atoms with van der Waals surface area (Å²) in [5, 5.41) is 10.6. The van der Waals surface area contributed by atoms with Gasteiger partial charge in [-0.25, -0.2) is 0 Å². The summed E-state index contributed by atoms with van der Waals surface area (Å²) in [6, 6.07) is 13.1. The van der Waals surface area contributed by atoms with Crippen LogP contribution in [-0.4, -0.2) is 72.4 Å². The van der Waals surface area contributed by atoms with Crippen molar-refractivity contribution >= 4 is 29.1 Å². The Labute approximate surface area is 228 Å². The molecule has 2 aromatic carbocycles. The zero-order chi connectivity index (χ0) is 27.1. The number of nitrogens with zero attached hydrogens (tertiary/aromatic N) is 1. The first-order valence-electron chi connectivity index (χ1n) is 13.1. The Balaban J connectivity index is 1.18. The highest BCUT2D eigenvalue weighted by Crippen LogP contribution is 2.47. The number of fused-ring (bicyclic) bond motifs is 2. The maximum atomic E-state index is 12.8. The number of aliphatic hydroxyl groups excluding tert-OH is 1. The molecule has 5 rings (SSSR count). The number of allylic oxidation sites excluding steroid dienone is 1. The molecule has 1 N–H and O–H groups in total. The minimum atomic E-state index is -0.608. The molecule has 1 fully saturated rings. The number of piperidine rings is 1. The summed E-state index contributed by atoms with van der Waals surface area (Å²) in [4.78, 5) is 28.0. The molecule has 1 atom stereocenters. The number of β-amino-alcohol motifs (C(OH)–C–C–N with tert-alkyl or cyclic N) is 1. The normalized spacial score (nSPS) is 20.0.